The lowest BCUT2D eigenvalue weighted by Gasteiger charge is -2.24. The number of H-pyrrole nitrogens is 1. The van der Waals surface area contributed by atoms with Crippen molar-refractivity contribution in [2.75, 3.05) is 6.54 Å². The highest BCUT2D eigenvalue weighted by Crippen LogP contribution is 2.36. The molecule has 3 heteroatoms. The van der Waals surface area contributed by atoms with Crippen molar-refractivity contribution in [3.05, 3.63) is 59.8 Å². The molecule has 0 aliphatic heterocycles. The van der Waals surface area contributed by atoms with E-state index in [2.05, 4.69) is 58.8 Å². The number of nitrogens with one attached hydrogen (secondary N) is 2. The molecule has 0 saturated heterocycles. The minimum atomic E-state index is -0.315. The summed E-state index contributed by atoms with van der Waals surface area (Å²) in [4.78, 5) is 3.62. The summed E-state index contributed by atoms with van der Waals surface area (Å²) in [7, 11) is 0. The average Bonchev–Trinajstić information content (AvgIpc) is 2.99. The molecular weight excluding hydrogens is 296 g/mol. The Labute approximate surface area is 142 Å². The molecule has 2 aromatic carbocycles. The maximum atomic E-state index is 9.56. The van der Waals surface area contributed by atoms with Crippen LogP contribution in [0.3, 0.4) is 0 Å². The van der Waals surface area contributed by atoms with Crippen LogP contribution in [0, 0.1) is 0 Å². The first kappa shape index (κ1) is 15.4. The second-order valence-electron chi connectivity index (χ2n) is 6.85. The topological polar surface area (TPSA) is 48.0 Å². The summed E-state index contributed by atoms with van der Waals surface area (Å²) in [5, 5.41) is 14.4. The number of rotatable bonds is 4. The number of benzene rings is 2. The highest BCUT2D eigenvalue weighted by molar-refractivity contribution is 5.89. The van der Waals surface area contributed by atoms with Crippen molar-refractivity contribution in [1.82, 2.24) is 10.3 Å². The van der Waals surface area contributed by atoms with E-state index in [1.807, 2.05) is 6.92 Å². The number of aromatic amines is 1. The molecule has 0 saturated carbocycles. The van der Waals surface area contributed by atoms with Crippen molar-refractivity contribution in [1.29, 1.82) is 0 Å². The Morgan fingerprint density at radius 3 is 2.79 bits per heavy atom. The quantitative estimate of drug-likeness (QED) is 0.675. The summed E-state index contributed by atoms with van der Waals surface area (Å²) in [6, 6.07) is 17.6. The molecule has 1 aliphatic rings. The van der Waals surface area contributed by atoms with E-state index in [0.717, 1.165) is 12.8 Å². The van der Waals surface area contributed by atoms with Gasteiger partial charge in [-0.3, -0.25) is 0 Å². The van der Waals surface area contributed by atoms with E-state index in [4.69, 9.17) is 0 Å². The normalized spacial score (nSPS) is 18.5. The first-order valence-corrected chi connectivity index (χ1v) is 8.84. The van der Waals surface area contributed by atoms with Crippen molar-refractivity contribution in [2.45, 2.75) is 38.3 Å². The molecule has 0 fully saturated rings. The standard InChI is InChI=1S/C21H24N2O/c1-14(24)13-22-20-9-5-8-17-18-12-16(15-6-3-2-4-7-15)10-11-19(18)23-21(17)20/h2-4,6-7,10-12,14,20,22-24H,5,8-9,13H2,1H3/t14?,20-/m0/s1. The summed E-state index contributed by atoms with van der Waals surface area (Å²) in [6.07, 6.45) is 3.12. The van der Waals surface area contributed by atoms with E-state index in [0.29, 0.717) is 12.6 Å². The Morgan fingerprint density at radius 2 is 2.00 bits per heavy atom. The summed E-state index contributed by atoms with van der Waals surface area (Å²) in [6.45, 7) is 2.46. The Kier molecular flexibility index (Phi) is 4.13. The van der Waals surface area contributed by atoms with Crippen LogP contribution >= 0.6 is 0 Å². The van der Waals surface area contributed by atoms with Gasteiger partial charge in [-0.25, -0.2) is 0 Å². The highest BCUT2D eigenvalue weighted by atomic mass is 16.3. The number of aliphatic hydroxyl groups is 1. The molecule has 124 valence electrons. The number of aromatic nitrogens is 1. The van der Waals surface area contributed by atoms with E-state index in [-0.39, 0.29) is 6.10 Å². The Hall–Kier alpha value is -2.10. The molecule has 0 amide bonds. The highest BCUT2D eigenvalue weighted by Gasteiger charge is 2.24. The third-order valence-corrected chi connectivity index (χ3v) is 4.97. The van der Waals surface area contributed by atoms with Gasteiger partial charge in [-0.15, -0.1) is 0 Å². The molecule has 1 unspecified atom stereocenters. The fourth-order valence-electron chi connectivity index (χ4n) is 3.79. The van der Waals surface area contributed by atoms with E-state index in [1.54, 1.807) is 0 Å². The van der Waals surface area contributed by atoms with Gasteiger partial charge in [0.15, 0.2) is 0 Å². The zero-order chi connectivity index (χ0) is 16.5. The van der Waals surface area contributed by atoms with Gasteiger partial charge in [0.05, 0.1) is 6.10 Å². The van der Waals surface area contributed by atoms with Crippen LogP contribution < -0.4 is 5.32 Å². The fraction of sp³-hybridized carbons (Fsp3) is 0.333. The predicted octanol–water partition coefficient (Wildman–Crippen LogP) is 4.18. The van der Waals surface area contributed by atoms with Gasteiger partial charge >= 0.3 is 0 Å². The Bertz CT molecular complexity index is 836. The Morgan fingerprint density at radius 1 is 1.17 bits per heavy atom. The zero-order valence-electron chi connectivity index (χ0n) is 14.0. The second-order valence-corrected chi connectivity index (χ2v) is 6.85. The van der Waals surface area contributed by atoms with Gasteiger partial charge in [0.25, 0.3) is 0 Å². The molecule has 3 N–H and O–H groups in total. The zero-order valence-corrected chi connectivity index (χ0v) is 14.0. The van der Waals surface area contributed by atoms with Gasteiger partial charge in [0.1, 0.15) is 0 Å². The van der Waals surface area contributed by atoms with Crippen LogP contribution in [-0.2, 0) is 6.42 Å². The summed E-state index contributed by atoms with van der Waals surface area (Å²) >= 11 is 0. The largest absolute Gasteiger partial charge is 0.392 e. The van der Waals surface area contributed by atoms with Crippen molar-refractivity contribution in [2.24, 2.45) is 0 Å². The van der Waals surface area contributed by atoms with Crippen LogP contribution in [0.1, 0.15) is 37.1 Å². The maximum absolute atomic E-state index is 9.56. The maximum Gasteiger partial charge on any atom is 0.0636 e. The molecular formula is C21H24N2O. The van der Waals surface area contributed by atoms with Gasteiger partial charge in [-0.05, 0) is 55.0 Å². The fourth-order valence-corrected chi connectivity index (χ4v) is 3.79. The first-order valence-electron chi connectivity index (χ1n) is 8.84. The van der Waals surface area contributed by atoms with Crippen molar-refractivity contribution >= 4 is 10.9 Å². The van der Waals surface area contributed by atoms with Gasteiger partial charge in [-0.2, -0.15) is 0 Å². The molecule has 2 atom stereocenters. The van der Waals surface area contributed by atoms with Crippen LogP contribution in [0.2, 0.25) is 0 Å². The SMILES string of the molecule is CC(O)CN[C@H]1CCCc2c1[nH]c1ccc(-c3ccccc3)cc21. The van der Waals surface area contributed by atoms with E-state index < -0.39 is 0 Å². The molecule has 0 bridgehead atoms. The molecule has 0 radical (unpaired) electrons. The molecule has 3 aromatic rings. The number of aliphatic hydroxyl groups excluding tert-OH is 1. The molecule has 4 rings (SSSR count). The summed E-state index contributed by atoms with van der Waals surface area (Å²) in [5.41, 5.74) is 6.49. The third kappa shape index (κ3) is 2.85. The summed E-state index contributed by atoms with van der Waals surface area (Å²) < 4.78 is 0. The van der Waals surface area contributed by atoms with E-state index in [9.17, 15) is 5.11 Å². The summed E-state index contributed by atoms with van der Waals surface area (Å²) in [5.74, 6) is 0. The molecule has 1 heterocycles. The molecule has 1 aliphatic carbocycles. The lowest BCUT2D eigenvalue weighted by Crippen LogP contribution is -2.31. The van der Waals surface area contributed by atoms with Crippen LogP contribution in [-0.4, -0.2) is 22.7 Å². The molecule has 3 nitrogen and oxygen atoms in total. The molecule has 0 spiro atoms. The number of fused-ring (bicyclic) bond motifs is 3. The predicted molar refractivity (Wildman–Crippen MR) is 99.1 cm³/mol. The first-order chi connectivity index (χ1) is 11.7. The van der Waals surface area contributed by atoms with Crippen molar-refractivity contribution in [3.8, 4) is 11.1 Å². The van der Waals surface area contributed by atoms with E-state index in [1.165, 1.54) is 39.7 Å². The number of hydrogen-bond acceptors (Lipinski definition) is 2. The van der Waals surface area contributed by atoms with Crippen molar-refractivity contribution < 1.29 is 5.11 Å². The number of hydrogen-bond donors (Lipinski definition) is 3. The monoisotopic (exact) mass is 320 g/mol. The second kappa shape index (κ2) is 6.42. The van der Waals surface area contributed by atoms with Crippen LogP contribution in [0.4, 0.5) is 0 Å². The molecule has 1 aromatic heterocycles. The molecule has 24 heavy (non-hydrogen) atoms. The average molecular weight is 320 g/mol. The van der Waals surface area contributed by atoms with Gasteiger partial charge in [0.2, 0.25) is 0 Å². The van der Waals surface area contributed by atoms with Crippen LogP contribution in [0.15, 0.2) is 48.5 Å². The Balaban J connectivity index is 1.73. The van der Waals surface area contributed by atoms with Crippen LogP contribution in [0.5, 0.6) is 0 Å². The lowest BCUT2D eigenvalue weighted by molar-refractivity contribution is 0.184. The van der Waals surface area contributed by atoms with Gasteiger partial charge in [0, 0.05) is 29.2 Å². The lowest BCUT2D eigenvalue weighted by atomic mass is 9.91. The van der Waals surface area contributed by atoms with Gasteiger partial charge < -0.3 is 15.4 Å². The smallest absolute Gasteiger partial charge is 0.0636 e. The van der Waals surface area contributed by atoms with E-state index >= 15 is 0 Å². The minimum absolute atomic E-state index is 0.315. The third-order valence-electron chi connectivity index (χ3n) is 4.97. The van der Waals surface area contributed by atoms with Crippen molar-refractivity contribution in [3.63, 3.8) is 0 Å². The van der Waals surface area contributed by atoms with Gasteiger partial charge in [-0.1, -0.05) is 36.4 Å². The number of aryl methyl sites for hydroxylation is 1. The van der Waals surface area contributed by atoms with Crippen LogP contribution in [0.25, 0.3) is 22.0 Å². The minimum Gasteiger partial charge on any atom is -0.392 e.